The number of hydrogen-bond donors (Lipinski definition) is 4. The smallest absolute Gasteiger partial charge is 0.407 e. The summed E-state index contributed by atoms with van der Waals surface area (Å²) < 4.78 is 5.25. The third-order valence-corrected chi connectivity index (χ3v) is 6.64. The summed E-state index contributed by atoms with van der Waals surface area (Å²) in [6.45, 7) is 5.45. The summed E-state index contributed by atoms with van der Waals surface area (Å²) >= 11 is 2.71. The van der Waals surface area contributed by atoms with Crippen molar-refractivity contribution in [3.63, 3.8) is 0 Å². The van der Waals surface area contributed by atoms with Crippen LogP contribution in [0.3, 0.4) is 0 Å². The van der Waals surface area contributed by atoms with Crippen LogP contribution in [0.25, 0.3) is 0 Å². The van der Waals surface area contributed by atoms with Gasteiger partial charge in [0.25, 0.3) is 5.91 Å². The van der Waals surface area contributed by atoms with Gasteiger partial charge in [-0.15, -0.1) is 23.1 Å². The first-order valence-electron chi connectivity index (χ1n) is 9.95. The Labute approximate surface area is 199 Å². The Bertz CT molecular complexity index is 987. The van der Waals surface area contributed by atoms with E-state index in [0.717, 1.165) is 4.88 Å². The number of aromatic carboxylic acids is 1. The number of ether oxygens (including phenoxy) is 1. The molecule has 0 spiro atoms. The number of benzene rings is 1. The summed E-state index contributed by atoms with van der Waals surface area (Å²) in [5, 5.41) is 25.6. The van der Waals surface area contributed by atoms with E-state index in [1.807, 2.05) is 17.5 Å². The van der Waals surface area contributed by atoms with E-state index in [1.165, 1.54) is 47.4 Å². The highest BCUT2D eigenvalue weighted by atomic mass is 32.2. The number of carbonyl (C=O) groups is 4. The van der Waals surface area contributed by atoms with Crippen molar-refractivity contribution in [2.24, 2.45) is 0 Å². The highest BCUT2D eigenvalue weighted by Gasteiger charge is 2.26. The molecule has 1 heterocycles. The third kappa shape index (κ3) is 8.43. The van der Waals surface area contributed by atoms with Crippen molar-refractivity contribution in [2.75, 3.05) is 12.3 Å². The van der Waals surface area contributed by atoms with Crippen molar-refractivity contribution >= 4 is 47.0 Å². The molecule has 0 bridgehead atoms. The lowest BCUT2D eigenvalue weighted by molar-refractivity contribution is -0.138. The number of aliphatic carboxylic acids is 1. The molecule has 2 atom stereocenters. The van der Waals surface area contributed by atoms with Crippen molar-refractivity contribution in [1.82, 2.24) is 10.6 Å². The first kappa shape index (κ1) is 26.2. The lowest BCUT2D eigenvalue weighted by atomic mass is 10.1. The number of carbonyl (C=O) groups excluding carboxylic acids is 2. The molecule has 1 aromatic carbocycles. The molecule has 9 nitrogen and oxygen atoms in total. The van der Waals surface area contributed by atoms with Gasteiger partial charge in [0.15, 0.2) is 0 Å². The topological polar surface area (TPSA) is 142 Å². The first-order chi connectivity index (χ1) is 15.5. The lowest BCUT2D eigenvalue weighted by Crippen LogP contribution is -2.43. The summed E-state index contributed by atoms with van der Waals surface area (Å²) in [4.78, 5) is 48.7. The maximum absolute atomic E-state index is 12.6. The molecule has 33 heavy (non-hydrogen) atoms. The van der Waals surface area contributed by atoms with E-state index in [2.05, 4.69) is 10.6 Å². The van der Waals surface area contributed by atoms with Gasteiger partial charge in [0.2, 0.25) is 0 Å². The van der Waals surface area contributed by atoms with Crippen LogP contribution < -0.4 is 10.6 Å². The quantitative estimate of drug-likeness (QED) is 0.392. The van der Waals surface area contributed by atoms with E-state index in [-0.39, 0.29) is 28.7 Å². The number of rotatable bonds is 10. The van der Waals surface area contributed by atoms with Crippen LogP contribution in [0.15, 0.2) is 41.8 Å². The molecule has 2 aromatic rings. The van der Waals surface area contributed by atoms with Crippen molar-refractivity contribution in [3.05, 3.63) is 57.8 Å². The molecule has 0 aliphatic heterocycles. The van der Waals surface area contributed by atoms with E-state index in [1.54, 1.807) is 20.8 Å². The number of alkyl carbamates (subject to hydrolysis) is 1. The molecule has 2 amide bonds. The van der Waals surface area contributed by atoms with Crippen LogP contribution in [-0.4, -0.2) is 58.1 Å². The normalized spacial score (nSPS) is 12.9. The van der Waals surface area contributed by atoms with Gasteiger partial charge in [-0.25, -0.2) is 14.4 Å². The molecule has 0 saturated carbocycles. The van der Waals surface area contributed by atoms with Gasteiger partial charge >= 0.3 is 18.0 Å². The molecule has 11 heteroatoms. The van der Waals surface area contributed by atoms with Crippen molar-refractivity contribution in [3.8, 4) is 0 Å². The summed E-state index contributed by atoms with van der Waals surface area (Å²) in [5.74, 6) is -3.34. The Morgan fingerprint density at radius 2 is 1.73 bits per heavy atom. The Hall–Kier alpha value is -3.05. The second kappa shape index (κ2) is 11.7. The van der Waals surface area contributed by atoms with Crippen LogP contribution in [0.2, 0.25) is 0 Å². The molecule has 0 saturated heterocycles. The van der Waals surface area contributed by atoms with Crippen LogP contribution in [0.5, 0.6) is 0 Å². The maximum Gasteiger partial charge on any atom is 0.407 e. The van der Waals surface area contributed by atoms with Crippen LogP contribution in [0.4, 0.5) is 4.79 Å². The Morgan fingerprint density at radius 3 is 2.27 bits per heavy atom. The fourth-order valence-corrected chi connectivity index (χ4v) is 4.87. The van der Waals surface area contributed by atoms with Crippen LogP contribution in [0, 0.1) is 0 Å². The highest BCUT2D eigenvalue weighted by molar-refractivity contribution is 7.99. The van der Waals surface area contributed by atoms with Gasteiger partial charge in [-0.3, -0.25) is 4.79 Å². The van der Waals surface area contributed by atoms with Crippen LogP contribution >= 0.6 is 23.1 Å². The van der Waals surface area contributed by atoms with Crippen LogP contribution in [0.1, 0.15) is 51.6 Å². The number of thioether (sulfide) groups is 1. The Balaban J connectivity index is 2.07. The zero-order valence-corrected chi connectivity index (χ0v) is 20.0. The van der Waals surface area contributed by atoms with E-state index in [4.69, 9.17) is 4.74 Å². The molecule has 0 aliphatic rings. The predicted octanol–water partition coefficient (Wildman–Crippen LogP) is 3.63. The molecular formula is C22H26N2O7S2. The zero-order valence-electron chi connectivity index (χ0n) is 18.4. The van der Waals surface area contributed by atoms with Gasteiger partial charge in [0, 0.05) is 17.2 Å². The second-order valence-corrected chi connectivity index (χ2v) is 10.2. The number of carboxylic acid groups (broad SMARTS) is 2. The summed E-state index contributed by atoms with van der Waals surface area (Å²) in [6, 6.07) is 8.03. The first-order valence-corrected chi connectivity index (χ1v) is 11.9. The van der Waals surface area contributed by atoms with Crippen molar-refractivity contribution in [1.29, 1.82) is 0 Å². The number of amides is 2. The van der Waals surface area contributed by atoms with Gasteiger partial charge in [0.1, 0.15) is 11.6 Å². The molecule has 1 aromatic heterocycles. The molecule has 2 rings (SSSR count). The number of hydrogen-bond acceptors (Lipinski definition) is 7. The van der Waals surface area contributed by atoms with Gasteiger partial charge in [0.05, 0.1) is 16.4 Å². The maximum atomic E-state index is 12.6. The fourth-order valence-electron chi connectivity index (χ4n) is 2.70. The van der Waals surface area contributed by atoms with E-state index < -0.39 is 35.6 Å². The minimum absolute atomic E-state index is 0.00508. The van der Waals surface area contributed by atoms with E-state index in [9.17, 15) is 29.4 Å². The standard InChI is InChI=1S/C22H26N2O7S2/c1-22(2,3)31-21(30)23-11-17(16-9-6-10-32-16)33-12-15(20(28)29)24-18(25)13-7-4-5-8-14(13)19(26)27/h4-10,15,17H,11-12H2,1-3H3,(H,23,30)(H,24,25)(H,26,27)(H,28,29)/t15-,17?/m0/s1. The summed E-state index contributed by atoms with van der Waals surface area (Å²) in [6.07, 6.45) is -0.585. The molecule has 178 valence electrons. The molecule has 1 unspecified atom stereocenters. The Kier molecular flexibility index (Phi) is 9.30. The van der Waals surface area contributed by atoms with Gasteiger partial charge < -0.3 is 25.6 Å². The average molecular weight is 495 g/mol. The second-order valence-electron chi connectivity index (χ2n) is 7.94. The Morgan fingerprint density at radius 1 is 1.06 bits per heavy atom. The van der Waals surface area contributed by atoms with Crippen LogP contribution in [-0.2, 0) is 9.53 Å². The minimum atomic E-state index is -1.28. The molecule has 4 N–H and O–H groups in total. The molecule has 0 aliphatic carbocycles. The zero-order chi connectivity index (χ0) is 24.6. The number of nitrogens with one attached hydrogen (secondary N) is 2. The van der Waals surface area contributed by atoms with Crippen molar-refractivity contribution < 1.29 is 34.1 Å². The minimum Gasteiger partial charge on any atom is -0.480 e. The van der Waals surface area contributed by atoms with Gasteiger partial charge in [-0.2, -0.15) is 0 Å². The molecule has 0 radical (unpaired) electrons. The SMILES string of the molecule is CC(C)(C)OC(=O)NCC(SC[C@H](NC(=O)c1ccccc1C(=O)O)C(=O)O)c1cccs1. The van der Waals surface area contributed by atoms with E-state index in [0.29, 0.717) is 0 Å². The largest absolute Gasteiger partial charge is 0.480 e. The molecular weight excluding hydrogens is 468 g/mol. The number of thiophene rings is 1. The van der Waals surface area contributed by atoms with E-state index >= 15 is 0 Å². The fraction of sp³-hybridized carbons (Fsp3) is 0.364. The predicted molar refractivity (Wildman–Crippen MR) is 126 cm³/mol. The highest BCUT2D eigenvalue weighted by Crippen LogP contribution is 2.32. The average Bonchev–Trinajstić information content (AvgIpc) is 3.25. The van der Waals surface area contributed by atoms with Gasteiger partial charge in [-0.05, 0) is 44.4 Å². The molecule has 0 fully saturated rings. The third-order valence-electron chi connectivity index (χ3n) is 4.16. The monoisotopic (exact) mass is 494 g/mol. The summed E-state index contributed by atoms with van der Waals surface area (Å²) in [7, 11) is 0. The van der Waals surface area contributed by atoms with Crippen molar-refractivity contribution in [2.45, 2.75) is 37.7 Å². The number of carboxylic acids is 2. The van der Waals surface area contributed by atoms with Gasteiger partial charge in [-0.1, -0.05) is 18.2 Å². The summed E-state index contributed by atoms with van der Waals surface area (Å²) in [5.41, 5.74) is -0.993. The lowest BCUT2D eigenvalue weighted by Gasteiger charge is -2.22.